The van der Waals surface area contributed by atoms with Crippen molar-refractivity contribution in [3.63, 3.8) is 0 Å². The van der Waals surface area contributed by atoms with Crippen LogP contribution in [0.3, 0.4) is 0 Å². The lowest BCUT2D eigenvalue weighted by Gasteiger charge is -2.34. The molecule has 7 nitrogen and oxygen atoms in total. The molecule has 3 aromatic rings. The first kappa shape index (κ1) is 26.3. The molecule has 4 rings (SSSR count). The smallest absolute Gasteiger partial charge is 0.287 e. The molecule has 0 bridgehead atoms. The molecule has 0 saturated carbocycles. The van der Waals surface area contributed by atoms with Crippen molar-refractivity contribution in [3.8, 4) is 0 Å². The summed E-state index contributed by atoms with van der Waals surface area (Å²) in [6.07, 6.45) is 12.0. The van der Waals surface area contributed by atoms with E-state index in [9.17, 15) is 13.6 Å². The van der Waals surface area contributed by atoms with Crippen LogP contribution in [-0.2, 0) is 25.9 Å². The van der Waals surface area contributed by atoms with Crippen molar-refractivity contribution in [2.75, 3.05) is 11.9 Å². The highest BCUT2D eigenvalue weighted by Gasteiger charge is 2.28. The first-order chi connectivity index (χ1) is 17.6. The molecule has 194 valence electrons. The molecule has 1 N–H and O–H groups in total. The molecule has 0 saturated heterocycles. The number of rotatable bonds is 7. The predicted molar refractivity (Wildman–Crippen MR) is 142 cm³/mol. The number of hydrogen-bond acceptors (Lipinski definition) is 6. The predicted octanol–water partition coefficient (Wildman–Crippen LogP) is 5.14. The molecule has 0 spiro atoms. The molecule has 0 radical (unpaired) electrons. The maximum atomic E-state index is 13.9. The van der Waals surface area contributed by atoms with Crippen LogP contribution in [0.25, 0.3) is 6.08 Å². The minimum Gasteiger partial charge on any atom is -0.354 e. The van der Waals surface area contributed by atoms with Crippen LogP contribution in [0.15, 0.2) is 59.3 Å². The first-order valence-electron chi connectivity index (χ1n) is 12.2. The third-order valence-corrected chi connectivity index (χ3v) is 6.58. The van der Waals surface area contributed by atoms with E-state index in [-0.39, 0.29) is 11.9 Å². The molecule has 0 fully saturated rings. The Balaban J connectivity index is 1.62. The molecule has 1 aliphatic rings. The zero-order valence-electron chi connectivity index (χ0n) is 21.8. The van der Waals surface area contributed by atoms with Gasteiger partial charge in [-0.05, 0) is 55.7 Å². The Morgan fingerprint density at radius 3 is 2.76 bits per heavy atom. The topological polar surface area (TPSA) is 75.9 Å². The van der Waals surface area contributed by atoms with Crippen molar-refractivity contribution in [2.45, 2.75) is 52.6 Å². The Labute approximate surface area is 215 Å². The van der Waals surface area contributed by atoms with E-state index in [1.165, 1.54) is 4.57 Å². The Morgan fingerprint density at radius 2 is 2.05 bits per heavy atom. The van der Waals surface area contributed by atoms with E-state index < -0.39 is 17.2 Å². The molecule has 3 aromatic heterocycles. The number of halogens is 2. The van der Waals surface area contributed by atoms with E-state index in [0.29, 0.717) is 6.54 Å². The largest absolute Gasteiger partial charge is 0.354 e. The lowest BCUT2D eigenvalue weighted by Crippen LogP contribution is -2.39. The third kappa shape index (κ3) is 5.99. The highest BCUT2D eigenvalue weighted by molar-refractivity contribution is 5.62. The van der Waals surface area contributed by atoms with Crippen LogP contribution >= 0.6 is 0 Å². The molecular formula is C28H32F2N6O. The second-order valence-corrected chi connectivity index (χ2v) is 9.51. The molecule has 1 atom stereocenters. The number of anilines is 2. The Bertz CT molecular complexity index is 1410. The molecule has 1 unspecified atom stereocenters. The summed E-state index contributed by atoms with van der Waals surface area (Å²) in [5.41, 5.74) is 4.97. The van der Waals surface area contributed by atoms with Crippen LogP contribution in [0.2, 0.25) is 0 Å². The average molecular weight is 507 g/mol. The highest BCUT2D eigenvalue weighted by Crippen LogP contribution is 2.28. The lowest BCUT2D eigenvalue weighted by molar-refractivity contribution is 0.0123. The standard InChI is InChI=1S/C28H32F2N6O/c1-6-7-24(18(2)12-26-34-25(28(4,29)30)14-27(37)35(26)5)36-11-9-23-20(17-36)13-21(16-32-23)33-22-8-10-31-15-19(22)3/h6-8,10,12-16,24H,9,11,17H2,1-5H3,(H,31,33)/b7-6-,18-12-. The van der Waals surface area contributed by atoms with E-state index in [1.807, 2.05) is 45.3 Å². The summed E-state index contributed by atoms with van der Waals surface area (Å²) in [4.78, 5) is 27.6. The van der Waals surface area contributed by atoms with Gasteiger partial charge in [0.25, 0.3) is 11.5 Å². The quantitative estimate of drug-likeness (QED) is 0.447. The number of alkyl halides is 2. The van der Waals surface area contributed by atoms with Gasteiger partial charge in [0, 0.05) is 69.4 Å². The Kier molecular flexibility index (Phi) is 7.63. The molecular weight excluding hydrogens is 474 g/mol. The van der Waals surface area contributed by atoms with Gasteiger partial charge in [0.1, 0.15) is 11.5 Å². The van der Waals surface area contributed by atoms with E-state index in [0.717, 1.165) is 59.7 Å². The second-order valence-electron chi connectivity index (χ2n) is 9.51. The number of allylic oxidation sites excluding steroid dienone is 1. The van der Waals surface area contributed by atoms with Crippen LogP contribution in [-0.4, -0.2) is 37.0 Å². The summed E-state index contributed by atoms with van der Waals surface area (Å²) < 4.78 is 29.1. The number of nitrogens with one attached hydrogen (secondary N) is 1. The molecule has 0 aliphatic carbocycles. The van der Waals surface area contributed by atoms with Gasteiger partial charge in [-0.15, -0.1) is 0 Å². The van der Waals surface area contributed by atoms with Crippen LogP contribution in [0.1, 0.15) is 49.1 Å². The van der Waals surface area contributed by atoms with Gasteiger partial charge in [-0.2, -0.15) is 8.78 Å². The van der Waals surface area contributed by atoms with E-state index in [4.69, 9.17) is 4.98 Å². The molecule has 0 aromatic carbocycles. The normalized spacial score (nSPS) is 15.6. The van der Waals surface area contributed by atoms with Gasteiger partial charge in [-0.1, -0.05) is 12.2 Å². The van der Waals surface area contributed by atoms with Crippen molar-refractivity contribution in [1.29, 1.82) is 0 Å². The van der Waals surface area contributed by atoms with Crippen LogP contribution in [0, 0.1) is 6.92 Å². The van der Waals surface area contributed by atoms with Crippen molar-refractivity contribution in [1.82, 2.24) is 24.4 Å². The van der Waals surface area contributed by atoms with Crippen molar-refractivity contribution >= 4 is 17.5 Å². The van der Waals surface area contributed by atoms with Gasteiger partial charge in [0.15, 0.2) is 0 Å². The number of aryl methyl sites for hydroxylation is 1. The van der Waals surface area contributed by atoms with E-state index >= 15 is 0 Å². The molecule has 1 aliphatic heterocycles. The van der Waals surface area contributed by atoms with Gasteiger partial charge in [-0.25, -0.2) is 4.98 Å². The van der Waals surface area contributed by atoms with Crippen molar-refractivity contribution in [2.24, 2.45) is 7.05 Å². The average Bonchev–Trinajstić information content (AvgIpc) is 2.85. The lowest BCUT2D eigenvalue weighted by atomic mass is 9.99. The third-order valence-electron chi connectivity index (χ3n) is 6.58. The minimum atomic E-state index is -3.20. The zero-order chi connectivity index (χ0) is 26.7. The molecule has 4 heterocycles. The van der Waals surface area contributed by atoms with Crippen molar-refractivity contribution < 1.29 is 8.78 Å². The van der Waals surface area contributed by atoms with Crippen LogP contribution in [0.5, 0.6) is 0 Å². The maximum Gasteiger partial charge on any atom is 0.287 e. The molecule has 0 amide bonds. The Morgan fingerprint density at radius 1 is 1.27 bits per heavy atom. The molecule has 9 heteroatoms. The summed E-state index contributed by atoms with van der Waals surface area (Å²) in [7, 11) is 1.54. The molecule has 37 heavy (non-hydrogen) atoms. The fourth-order valence-electron chi connectivity index (χ4n) is 4.47. The number of hydrogen-bond donors (Lipinski definition) is 1. The maximum absolute atomic E-state index is 13.9. The van der Waals surface area contributed by atoms with Gasteiger partial charge in [0.2, 0.25) is 0 Å². The van der Waals surface area contributed by atoms with Crippen molar-refractivity contribution in [3.05, 3.63) is 93.2 Å². The van der Waals surface area contributed by atoms with E-state index in [1.54, 1.807) is 19.3 Å². The number of aromatic nitrogens is 4. The van der Waals surface area contributed by atoms with Gasteiger partial charge in [0.05, 0.1) is 11.9 Å². The van der Waals surface area contributed by atoms with Gasteiger partial charge in [-0.3, -0.25) is 24.2 Å². The number of pyridine rings is 2. The second kappa shape index (κ2) is 10.7. The SMILES string of the molecule is C/C=C\C(/C(C)=C\c1nc(C(C)(F)F)cc(=O)n1C)N1CCc2ncc(Nc3ccncc3C)cc2C1. The highest BCUT2D eigenvalue weighted by atomic mass is 19.3. The summed E-state index contributed by atoms with van der Waals surface area (Å²) >= 11 is 0. The van der Waals surface area contributed by atoms with E-state index in [2.05, 4.69) is 32.3 Å². The number of nitrogens with zero attached hydrogens (tertiary/aromatic N) is 5. The van der Waals surface area contributed by atoms with Crippen LogP contribution in [0.4, 0.5) is 20.2 Å². The van der Waals surface area contributed by atoms with Crippen LogP contribution < -0.4 is 10.9 Å². The summed E-state index contributed by atoms with van der Waals surface area (Å²) in [5.74, 6) is -2.99. The van der Waals surface area contributed by atoms with Gasteiger partial charge < -0.3 is 5.32 Å². The summed E-state index contributed by atoms with van der Waals surface area (Å²) in [6.45, 7) is 8.09. The minimum absolute atomic E-state index is 0.0973. The fraction of sp³-hybridized carbons (Fsp3) is 0.357. The Hall–Kier alpha value is -3.72. The monoisotopic (exact) mass is 506 g/mol. The fourth-order valence-corrected chi connectivity index (χ4v) is 4.47. The zero-order valence-corrected chi connectivity index (χ0v) is 21.8. The summed E-state index contributed by atoms with van der Waals surface area (Å²) in [5, 5.41) is 3.43. The first-order valence-corrected chi connectivity index (χ1v) is 12.2. The van der Waals surface area contributed by atoms with Gasteiger partial charge >= 0.3 is 0 Å². The number of fused-ring (bicyclic) bond motifs is 1. The summed E-state index contributed by atoms with van der Waals surface area (Å²) in [6, 6.07) is 4.85.